The second-order valence-electron chi connectivity index (χ2n) is 8.37. The predicted molar refractivity (Wildman–Crippen MR) is 164 cm³/mol. The third kappa shape index (κ3) is 16.5. The molecule has 2 rings (SSSR count). The van der Waals surface area contributed by atoms with Gasteiger partial charge >= 0.3 is 5.97 Å². The summed E-state index contributed by atoms with van der Waals surface area (Å²) in [4.78, 5) is 9.60. The maximum atomic E-state index is 9.60. The molecule has 0 heterocycles. The topological polar surface area (TPSA) is 205 Å². The highest BCUT2D eigenvalue weighted by Gasteiger charge is 2.03. The van der Waals surface area contributed by atoms with Gasteiger partial charge in [-0.15, -0.1) is 0 Å². The van der Waals surface area contributed by atoms with Gasteiger partial charge in [0.05, 0.1) is 0 Å². The minimum atomic E-state index is -0.935. The first-order valence-corrected chi connectivity index (χ1v) is 13.0. The molecule has 0 aliphatic rings. The van der Waals surface area contributed by atoms with E-state index in [1.54, 1.807) is 48.5 Å². The summed E-state index contributed by atoms with van der Waals surface area (Å²) in [7, 11) is 0. The quantitative estimate of drug-likeness (QED) is 0.0798. The normalized spacial score (nSPS) is 9.68. The molecular weight excluding hydrogens is 555 g/mol. The Morgan fingerprint density at radius 2 is 1.02 bits per heavy atom. The fraction of sp³-hybridized carbons (Fsp3) is 0.269. The molecule has 14 heteroatoms. The summed E-state index contributed by atoms with van der Waals surface area (Å²) in [6.45, 7) is 5.85. The van der Waals surface area contributed by atoms with Crippen LogP contribution in [0.2, 0.25) is 10.0 Å². The zero-order valence-corrected chi connectivity index (χ0v) is 23.7. The molecule has 2 aromatic carbocycles. The van der Waals surface area contributed by atoms with Crippen molar-refractivity contribution in [1.29, 1.82) is 21.6 Å². The SMILES string of the molecule is C=C(C)C(=O)O.N=C(NCCCCCCNC(=N)NC(=N)Nc1ccc(Cl)cc1)NC(=N)Nc1ccc(Cl)cc1. The number of hydrogen-bond donors (Lipinski definition) is 11. The van der Waals surface area contributed by atoms with Gasteiger partial charge in [-0.25, -0.2) is 4.79 Å². The average molecular weight is 592 g/mol. The first kappa shape index (κ1) is 33.7. The highest BCUT2D eigenvalue weighted by Crippen LogP contribution is 2.13. The molecule has 0 unspecified atom stereocenters. The number of carboxylic acids is 1. The third-order valence-electron chi connectivity index (χ3n) is 4.80. The average Bonchev–Trinajstić information content (AvgIpc) is 2.88. The van der Waals surface area contributed by atoms with Crippen LogP contribution < -0.4 is 31.9 Å². The highest BCUT2D eigenvalue weighted by atomic mass is 35.5. The molecule has 12 nitrogen and oxygen atoms in total. The standard InChI is InChI=1S/C22H30Cl2N10.C4H6O2/c23-15-5-9-17(10-6-15)31-21(27)33-19(25)29-13-3-1-2-4-14-30-20(26)34-22(28)32-18-11-7-16(24)8-12-18;1-3(2)4(5)6/h5-12H,1-4,13-14H2,(H5,25,27,29,31,33)(H5,26,28,30,32,34);1H2,2H3,(H,5,6). The Morgan fingerprint density at radius 3 is 1.32 bits per heavy atom. The molecule has 0 amide bonds. The molecule has 0 aromatic heterocycles. The van der Waals surface area contributed by atoms with Gasteiger partial charge in [0.15, 0.2) is 23.8 Å². The minimum Gasteiger partial charge on any atom is -0.478 e. The fourth-order valence-corrected chi connectivity index (χ4v) is 3.04. The van der Waals surface area contributed by atoms with Gasteiger partial charge in [-0.1, -0.05) is 42.6 Å². The third-order valence-corrected chi connectivity index (χ3v) is 5.30. The highest BCUT2D eigenvalue weighted by molar-refractivity contribution is 6.31. The number of rotatable bonds is 10. The molecular formula is C26H36Cl2N10O2. The number of carboxylic acid groups (broad SMARTS) is 1. The summed E-state index contributed by atoms with van der Waals surface area (Å²) in [6, 6.07) is 13.9. The fourth-order valence-electron chi connectivity index (χ4n) is 2.79. The zero-order valence-electron chi connectivity index (χ0n) is 22.2. The van der Waals surface area contributed by atoms with E-state index in [2.05, 4.69) is 38.5 Å². The Balaban J connectivity index is 0.00000120. The Labute approximate surface area is 244 Å². The van der Waals surface area contributed by atoms with Crippen LogP contribution in [0.4, 0.5) is 11.4 Å². The minimum absolute atomic E-state index is 0.00148. The van der Waals surface area contributed by atoms with Crippen LogP contribution in [0.25, 0.3) is 0 Å². The van der Waals surface area contributed by atoms with Crippen molar-refractivity contribution in [2.24, 2.45) is 0 Å². The van der Waals surface area contributed by atoms with Crippen LogP contribution >= 0.6 is 23.2 Å². The van der Waals surface area contributed by atoms with E-state index in [-0.39, 0.29) is 29.4 Å². The molecule has 0 aliphatic heterocycles. The Kier molecular flexibility index (Phi) is 15.9. The summed E-state index contributed by atoms with van der Waals surface area (Å²) in [6.07, 6.45) is 3.70. The number of unbranched alkanes of at least 4 members (excludes halogenated alkanes) is 3. The van der Waals surface area contributed by atoms with Gasteiger partial charge in [0.2, 0.25) is 0 Å². The van der Waals surface area contributed by atoms with Gasteiger partial charge in [-0.05, 0) is 68.3 Å². The van der Waals surface area contributed by atoms with Crippen molar-refractivity contribution in [1.82, 2.24) is 21.3 Å². The number of benzene rings is 2. The van der Waals surface area contributed by atoms with Gasteiger partial charge in [0, 0.05) is 40.1 Å². The van der Waals surface area contributed by atoms with Crippen LogP contribution in [0.15, 0.2) is 60.7 Å². The first-order chi connectivity index (χ1) is 19.0. The Hall–Kier alpha value is -4.29. The van der Waals surface area contributed by atoms with E-state index in [0.29, 0.717) is 34.5 Å². The van der Waals surface area contributed by atoms with Crippen LogP contribution in [0, 0.1) is 21.6 Å². The van der Waals surface area contributed by atoms with Crippen molar-refractivity contribution in [3.05, 3.63) is 70.7 Å². The second-order valence-corrected chi connectivity index (χ2v) is 9.24. The molecule has 0 radical (unpaired) electrons. The lowest BCUT2D eigenvalue weighted by molar-refractivity contribution is -0.132. The van der Waals surface area contributed by atoms with Gasteiger partial charge in [-0.2, -0.15) is 0 Å². The number of nitrogens with one attached hydrogen (secondary N) is 10. The smallest absolute Gasteiger partial charge is 0.330 e. The molecule has 0 fully saturated rings. The van der Waals surface area contributed by atoms with Gasteiger partial charge < -0.3 is 26.4 Å². The number of aliphatic carboxylic acids is 1. The lowest BCUT2D eigenvalue weighted by atomic mass is 10.2. The monoisotopic (exact) mass is 590 g/mol. The number of guanidine groups is 4. The summed E-state index contributed by atoms with van der Waals surface area (Å²) in [5, 5.41) is 57.4. The van der Waals surface area contributed by atoms with Crippen LogP contribution in [0.1, 0.15) is 32.6 Å². The van der Waals surface area contributed by atoms with E-state index in [4.69, 9.17) is 49.9 Å². The summed E-state index contributed by atoms with van der Waals surface area (Å²) in [5.74, 6) is -0.823. The molecule has 0 saturated heterocycles. The summed E-state index contributed by atoms with van der Waals surface area (Å²) < 4.78 is 0. The number of hydrogen-bond acceptors (Lipinski definition) is 5. The molecule has 216 valence electrons. The van der Waals surface area contributed by atoms with Crippen molar-refractivity contribution in [3.8, 4) is 0 Å². The van der Waals surface area contributed by atoms with Crippen molar-refractivity contribution in [2.75, 3.05) is 23.7 Å². The van der Waals surface area contributed by atoms with Crippen LogP contribution in [-0.4, -0.2) is 48.0 Å². The number of anilines is 2. The largest absolute Gasteiger partial charge is 0.478 e. The maximum absolute atomic E-state index is 9.60. The second kappa shape index (κ2) is 18.9. The Morgan fingerprint density at radius 1 is 0.700 bits per heavy atom. The van der Waals surface area contributed by atoms with Crippen LogP contribution in [-0.2, 0) is 4.79 Å². The zero-order chi connectivity index (χ0) is 29.9. The van der Waals surface area contributed by atoms with Gasteiger partial charge in [-0.3, -0.25) is 32.3 Å². The maximum Gasteiger partial charge on any atom is 0.330 e. The predicted octanol–water partition coefficient (Wildman–Crippen LogP) is 4.82. The van der Waals surface area contributed by atoms with E-state index in [9.17, 15) is 4.79 Å². The van der Waals surface area contributed by atoms with Gasteiger partial charge in [0.1, 0.15) is 0 Å². The van der Waals surface area contributed by atoms with E-state index < -0.39 is 5.97 Å². The van der Waals surface area contributed by atoms with Crippen molar-refractivity contribution in [2.45, 2.75) is 32.6 Å². The van der Waals surface area contributed by atoms with E-state index in [0.717, 1.165) is 25.7 Å². The molecule has 2 aromatic rings. The van der Waals surface area contributed by atoms with Crippen LogP contribution in [0.5, 0.6) is 0 Å². The lowest BCUT2D eigenvalue weighted by Gasteiger charge is -2.13. The number of halogens is 2. The molecule has 11 N–H and O–H groups in total. The van der Waals surface area contributed by atoms with E-state index in [1.807, 2.05) is 0 Å². The molecule has 0 bridgehead atoms. The number of carbonyl (C=O) groups is 1. The first-order valence-electron chi connectivity index (χ1n) is 12.3. The van der Waals surface area contributed by atoms with E-state index in [1.165, 1.54) is 6.92 Å². The lowest BCUT2D eigenvalue weighted by Crippen LogP contribution is -2.43. The van der Waals surface area contributed by atoms with Crippen molar-refractivity contribution >= 4 is 64.4 Å². The molecule has 40 heavy (non-hydrogen) atoms. The molecule has 0 aliphatic carbocycles. The van der Waals surface area contributed by atoms with Crippen molar-refractivity contribution < 1.29 is 9.90 Å². The molecule has 0 spiro atoms. The van der Waals surface area contributed by atoms with Crippen LogP contribution in [0.3, 0.4) is 0 Å². The Bertz CT molecular complexity index is 1060. The summed E-state index contributed by atoms with van der Waals surface area (Å²) in [5.41, 5.74) is 1.59. The van der Waals surface area contributed by atoms with E-state index >= 15 is 0 Å². The van der Waals surface area contributed by atoms with Crippen molar-refractivity contribution in [3.63, 3.8) is 0 Å². The summed E-state index contributed by atoms with van der Waals surface area (Å²) >= 11 is 11.7. The molecule has 0 saturated carbocycles. The molecule has 0 atom stereocenters. The van der Waals surface area contributed by atoms with Gasteiger partial charge in [0.25, 0.3) is 0 Å².